The van der Waals surface area contributed by atoms with Crippen molar-refractivity contribution in [3.8, 4) is 17.2 Å². The lowest BCUT2D eigenvalue weighted by Crippen LogP contribution is -2.19. The van der Waals surface area contributed by atoms with E-state index in [2.05, 4.69) is 5.32 Å². The summed E-state index contributed by atoms with van der Waals surface area (Å²) < 4.78 is 15.8. The maximum absolute atomic E-state index is 11.9. The quantitative estimate of drug-likeness (QED) is 0.791. The number of amides is 1. The van der Waals surface area contributed by atoms with E-state index in [1.807, 2.05) is 17.5 Å². The summed E-state index contributed by atoms with van der Waals surface area (Å²) in [6.07, 6.45) is 3.18. The van der Waals surface area contributed by atoms with Gasteiger partial charge < -0.3 is 19.5 Å². The van der Waals surface area contributed by atoms with E-state index in [4.69, 9.17) is 14.2 Å². The number of carbonyl (C=O) groups is 1. The second-order valence-electron chi connectivity index (χ2n) is 4.59. The van der Waals surface area contributed by atoms with E-state index < -0.39 is 0 Å². The Morgan fingerprint density at radius 2 is 1.87 bits per heavy atom. The van der Waals surface area contributed by atoms with Gasteiger partial charge in [0.05, 0.1) is 27.9 Å². The molecule has 5 nitrogen and oxygen atoms in total. The summed E-state index contributed by atoms with van der Waals surface area (Å²) in [7, 11) is 4.66. The number of thiophene rings is 1. The molecule has 0 aliphatic heterocycles. The molecule has 0 radical (unpaired) electrons. The van der Waals surface area contributed by atoms with Crippen LogP contribution in [-0.4, -0.2) is 27.2 Å². The van der Waals surface area contributed by atoms with Crippen LogP contribution in [0.1, 0.15) is 10.4 Å². The van der Waals surface area contributed by atoms with E-state index in [9.17, 15) is 4.79 Å². The van der Waals surface area contributed by atoms with Crippen molar-refractivity contribution in [1.29, 1.82) is 0 Å². The molecule has 6 heteroatoms. The van der Waals surface area contributed by atoms with Crippen LogP contribution in [0.25, 0.3) is 6.08 Å². The summed E-state index contributed by atoms with van der Waals surface area (Å²) in [4.78, 5) is 13.0. The van der Waals surface area contributed by atoms with Crippen molar-refractivity contribution in [1.82, 2.24) is 5.32 Å². The van der Waals surface area contributed by atoms with Gasteiger partial charge in [0.15, 0.2) is 11.5 Å². The van der Waals surface area contributed by atoms with Gasteiger partial charge in [-0.1, -0.05) is 6.07 Å². The van der Waals surface area contributed by atoms with E-state index in [-0.39, 0.29) is 5.91 Å². The lowest BCUT2D eigenvalue weighted by Gasteiger charge is -2.12. The average molecular weight is 333 g/mol. The fourth-order valence-electron chi connectivity index (χ4n) is 2.02. The number of rotatable bonds is 7. The fourth-order valence-corrected chi connectivity index (χ4v) is 2.66. The van der Waals surface area contributed by atoms with Crippen LogP contribution in [-0.2, 0) is 11.3 Å². The molecule has 0 bridgehead atoms. The number of nitrogens with one attached hydrogen (secondary N) is 1. The van der Waals surface area contributed by atoms with Crippen molar-refractivity contribution in [3.05, 3.63) is 46.2 Å². The second-order valence-corrected chi connectivity index (χ2v) is 5.62. The van der Waals surface area contributed by atoms with E-state index in [1.54, 1.807) is 50.9 Å². The first kappa shape index (κ1) is 16.9. The number of methoxy groups -OCH3 is 3. The second kappa shape index (κ2) is 8.24. The minimum atomic E-state index is -0.160. The van der Waals surface area contributed by atoms with Crippen molar-refractivity contribution in [2.45, 2.75) is 6.54 Å². The van der Waals surface area contributed by atoms with Gasteiger partial charge in [-0.05, 0) is 35.2 Å². The normalized spacial score (nSPS) is 10.6. The Labute approximate surface area is 139 Å². The summed E-state index contributed by atoms with van der Waals surface area (Å²) in [5, 5.41) is 4.81. The minimum absolute atomic E-state index is 0.160. The van der Waals surface area contributed by atoms with Crippen molar-refractivity contribution in [2.24, 2.45) is 0 Å². The van der Waals surface area contributed by atoms with Crippen molar-refractivity contribution >= 4 is 23.3 Å². The molecule has 0 unspecified atom stereocenters. The summed E-state index contributed by atoms with van der Waals surface area (Å²) in [5.41, 5.74) is 0.783. The molecule has 1 amide bonds. The molecule has 0 aliphatic rings. The zero-order chi connectivity index (χ0) is 16.7. The van der Waals surface area contributed by atoms with Crippen molar-refractivity contribution < 1.29 is 19.0 Å². The lowest BCUT2D eigenvalue weighted by molar-refractivity contribution is -0.116. The standard InChI is InChI=1S/C17H19NO4S/c1-20-14-9-12(10-15(21-2)17(14)22-3)6-7-16(19)18-11-13-5-4-8-23-13/h4-10H,11H2,1-3H3,(H,18,19)/b7-6+. The third-order valence-electron chi connectivity index (χ3n) is 3.13. The Morgan fingerprint density at radius 3 is 2.39 bits per heavy atom. The molecule has 0 aliphatic carbocycles. The van der Waals surface area contributed by atoms with Gasteiger partial charge in [0, 0.05) is 11.0 Å². The van der Waals surface area contributed by atoms with Gasteiger partial charge in [0.2, 0.25) is 11.7 Å². The molecule has 0 spiro atoms. The maximum atomic E-state index is 11.9. The van der Waals surface area contributed by atoms with Gasteiger partial charge in [-0.2, -0.15) is 0 Å². The first-order valence-corrected chi connectivity index (χ1v) is 7.84. The summed E-state index contributed by atoms with van der Waals surface area (Å²) >= 11 is 1.61. The molecule has 0 atom stereocenters. The van der Waals surface area contributed by atoms with E-state index in [1.165, 1.54) is 6.08 Å². The molecular weight excluding hydrogens is 314 g/mol. The smallest absolute Gasteiger partial charge is 0.244 e. The zero-order valence-electron chi connectivity index (χ0n) is 13.3. The highest BCUT2D eigenvalue weighted by molar-refractivity contribution is 7.09. The molecule has 23 heavy (non-hydrogen) atoms. The fraction of sp³-hybridized carbons (Fsp3) is 0.235. The van der Waals surface area contributed by atoms with E-state index in [0.717, 1.165) is 10.4 Å². The van der Waals surface area contributed by atoms with Crippen LogP contribution < -0.4 is 19.5 Å². The SMILES string of the molecule is COc1cc(/C=C/C(=O)NCc2cccs2)cc(OC)c1OC. The molecule has 2 rings (SSSR count). The molecule has 1 aromatic heterocycles. The van der Waals surface area contributed by atoms with Gasteiger partial charge >= 0.3 is 0 Å². The Kier molecular flexibility index (Phi) is 6.05. The number of carbonyl (C=O) groups excluding carboxylic acids is 1. The van der Waals surface area contributed by atoms with Gasteiger partial charge in [0.1, 0.15) is 0 Å². The maximum Gasteiger partial charge on any atom is 0.244 e. The van der Waals surface area contributed by atoms with Crippen LogP contribution in [0.5, 0.6) is 17.2 Å². The highest BCUT2D eigenvalue weighted by Gasteiger charge is 2.12. The van der Waals surface area contributed by atoms with Crippen LogP contribution in [0.4, 0.5) is 0 Å². The predicted octanol–water partition coefficient (Wildman–Crippen LogP) is 3.10. The molecule has 0 saturated carbocycles. The third kappa shape index (κ3) is 4.50. The highest BCUT2D eigenvalue weighted by atomic mass is 32.1. The number of hydrogen-bond donors (Lipinski definition) is 1. The molecule has 122 valence electrons. The Hall–Kier alpha value is -2.47. The first-order chi connectivity index (χ1) is 11.2. The molecule has 0 saturated heterocycles. The van der Waals surface area contributed by atoms with E-state index >= 15 is 0 Å². The average Bonchev–Trinajstić information content (AvgIpc) is 3.10. The Morgan fingerprint density at radius 1 is 1.17 bits per heavy atom. The summed E-state index contributed by atoms with van der Waals surface area (Å²) in [6, 6.07) is 7.50. The Balaban J connectivity index is 2.07. The molecule has 2 aromatic rings. The van der Waals surface area contributed by atoms with Crippen molar-refractivity contribution in [3.63, 3.8) is 0 Å². The first-order valence-electron chi connectivity index (χ1n) is 6.96. The summed E-state index contributed by atoms with van der Waals surface area (Å²) in [6.45, 7) is 0.524. The van der Waals surface area contributed by atoms with Crippen LogP contribution in [0.2, 0.25) is 0 Å². The minimum Gasteiger partial charge on any atom is -0.493 e. The lowest BCUT2D eigenvalue weighted by atomic mass is 10.1. The topological polar surface area (TPSA) is 56.8 Å². The Bertz CT molecular complexity index is 655. The molecular formula is C17H19NO4S. The van der Waals surface area contributed by atoms with Crippen LogP contribution in [0.3, 0.4) is 0 Å². The molecule has 1 heterocycles. The number of benzene rings is 1. The monoisotopic (exact) mass is 333 g/mol. The number of ether oxygens (including phenoxy) is 3. The van der Waals surface area contributed by atoms with Gasteiger partial charge in [-0.15, -0.1) is 11.3 Å². The zero-order valence-corrected chi connectivity index (χ0v) is 14.1. The van der Waals surface area contributed by atoms with Gasteiger partial charge in [-0.25, -0.2) is 0 Å². The molecule has 1 aromatic carbocycles. The highest BCUT2D eigenvalue weighted by Crippen LogP contribution is 2.38. The van der Waals surface area contributed by atoms with Crippen LogP contribution in [0, 0.1) is 0 Å². The van der Waals surface area contributed by atoms with Crippen LogP contribution in [0.15, 0.2) is 35.7 Å². The van der Waals surface area contributed by atoms with Gasteiger partial charge in [0.25, 0.3) is 0 Å². The predicted molar refractivity (Wildman–Crippen MR) is 91.3 cm³/mol. The van der Waals surface area contributed by atoms with Crippen molar-refractivity contribution in [2.75, 3.05) is 21.3 Å². The third-order valence-corrected chi connectivity index (χ3v) is 4.01. The number of hydrogen-bond acceptors (Lipinski definition) is 5. The largest absolute Gasteiger partial charge is 0.493 e. The van der Waals surface area contributed by atoms with Crippen LogP contribution >= 0.6 is 11.3 Å². The van der Waals surface area contributed by atoms with Gasteiger partial charge in [-0.3, -0.25) is 4.79 Å². The molecule has 1 N–H and O–H groups in total. The summed E-state index contributed by atoms with van der Waals surface area (Å²) in [5.74, 6) is 1.46. The molecule has 0 fully saturated rings. The van der Waals surface area contributed by atoms with E-state index in [0.29, 0.717) is 23.8 Å².